The molecule has 2 aromatic rings. The van der Waals surface area contributed by atoms with Gasteiger partial charge in [0.05, 0.1) is 12.7 Å². The van der Waals surface area contributed by atoms with Gasteiger partial charge in [-0.05, 0) is 36.8 Å². The molecule has 1 heterocycles. The van der Waals surface area contributed by atoms with E-state index in [-0.39, 0.29) is 5.97 Å². The maximum atomic E-state index is 11.5. The summed E-state index contributed by atoms with van der Waals surface area (Å²) in [4.78, 5) is 17.7. The Balaban J connectivity index is 2.34. The molecule has 0 amide bonds. The predicted molar refractivity (Wildman–Crippen MR) is 74.8 cm³/mol. The molecular formula is C15H16N2O2. The normalized spacial score (nSPS) is 10.1. The Bertz CT molecular complexity index is 596. The fraction of sp³-hybridized carbons (Fsp3) is 0.200. The van der Waals surface area contributed by atoms with Gasteiger partial charge in [-0.2, -0.15) is 0 Å². The van der Waals surface area contributed by atoms with Crippen molar-refractivity contribution in [3.8, 4) is 0 Å². The van der Waals surface area contributed by atoms with E-state index in [1.165, 1.54) is 12.7 Å². The molecule has 0 saturated heterocycles. The number of nitrogens with zero attached hydrogens (tertiary/aromatic N) is 2. The van der Waals surface area contributed by atoms with Crippen LogP contribution in [0, 0.1) is 6.92 Å². The fourth-order valence-electron chi connectivity index (χ4n) is 1.82. The topological polar surface area (TPSA) is 42.4 Å². The zero-order valence-electron chi connectivity index (χ0n) is 11.3. The number of carbonyl (C=O) groups is 1. The molecular weight excluding hydrogens is 240 g/mol. The minimum absolute atomic E-state index is 0.360. The second-order valence-electron chi connectivity index (χ2n) is 4.29. The van der Waals surface area contributed by atoms with Gasteiger partial charge in [-0.25, -0.2) is 9.78 Å². The third kappa shape index (κ3) is 2.91. The van der Waals surface area contributed by atoms with Crippen LogP contribution in [-0.2, 0) is 4.74 Å². The van der Waals surface area contributed by atoms with Crippen molar-refractivity contribution in [2.75, 3.05) is 19.1 Å². The lowest BCUT2D eigenvalue weighted by Gasteiger charge is -2.19. The van der Waals surface area contributed by atoms with Crippen molar-refractivity contribution in [1.29, 1.82) is 0 Å². The first kappa shape index (κ1) is 13.1. The number of hydrogen-bond acceptors (Lipinski definition) is 4. The predicted octanol–water partition coefficient (Wildman–Crippen LogP) is 2.94. The maximum absolute atomic E-state index is 11.5. The lowest BCUT2D eigenvalue weighted by atomic mass is 10.2. The van der Waals surface area contributed by atoms with Crippen molar-refractivity contribution in [2.45, 2.75) is 6.92 Å². The van der Waals surface area contributed by atoms with E-state index >= 15 is 0 Å². The second kappa shape index (κ2) is 5.52. The number of methoxy groups -OCH3 is 1. The average molecular weight is 256 g/mol. The lowest BCUT2D eigenvalue weighted by molar-refractivity contribution is 0.0600. The minimum Gasteiger partial charge on any atom is -0.465 e. The van der Waals surface area contributed by atoms with Gasteiger partial charge >= 0.3 is 5.97 Å². The number of ether oxygens (including phenoxy) is 1. The van der Waals surface area contributed by atoms with Crippen LogP contribution in [0.2, 0.25) is 0 Å². The van der Waals surface area contributed by atoms with Crippen molar-refractivity contribution >= 4 is 17.5 Å². The molecule has 4 nitrogen and oxygen atoms in total. The van der Waals surface area contributed by atoms with Crippen molar-refractivity contribution in [2.24, 2.45) is 0 Å². The van der Waals surface area contributed by atoms with Gasteiger partial charge in [0.1, 0.15) is 5.82 Å². The SMILES string of the molecule is COC(=O)c1ccnc(N(C)c2cccc(C)c2)c1. The van der Waals surface area contributed by atoms with Crippen molar-refractivity contribution in [3.05, 3.63) is 53.7 Å². The molecule has 0 bridgehead atoms. The van der Waals surface area contributed by atoms with E-state index in [1.807, 2.05) is 37.1 Å². The average Bonchev–Trinajstić information content (AvgIpc) is 2.45. The molecule has 0 N–H and O–H groups in total. The van der Waals surface area contributed by atoms with E-state index in [4.69, 9.17) is 4.74 Å². The van der Waals surface area contributed by atoms with Crippen LogP contribution < -0.4 is 4.90 Å². The Morgan fingerprint density at radius 2 is 2.05 bits per heavy atom. The first-order chi connectivity index (χ1) is 9.11. The van der Waals surface area contributed by atoms with E-state index in [9.17, 15) is 4.79 Å². The van der Waals surface area contributed by atoms with Crippen molar-refractivity contribution < 1.29 is 9.53 Å². The van der Waals surface area contributed by atoms with Crippen LogP contribution in [0.1, 0.15) is 15.9 Å². The first-order valence-corrected chi connectivity index (χ1v) is 5.96. The lowest BCUT2D eigenvalue weighted by Crippen LogP contribution is -2.12. The molecule has 1 aromatic heterocycles. The van der Waals surface area contributed by atoms with Crippen LogP contribution in [-0.4, -0.2) is 25.1 Å². The Morgan fingerprint density at radius 3 is 2.74 bits per heavy atom. The van der Waals surface area contributed by atoms with Crippen LogP contribution in [0.4, 0.5) is 11.5 Å². The van der Waals surface area contributed by atoms with Crippen LogP contribution in [0.15, 0.2) is 42.6 Å². The molecule has 0 aliphatic heterocycles. The molecule has 0 aliphatic carbocycles. The molecule has 19 heavy (non-hydrogen) atoms. The number of anilines is 2. The number of esters is 1. The monoisotopic (exact) mass is 256 g/mol. The molecule has 0 fully saturated rings. The summed E-state index contributed by atoms with van der Waals surface area (Å²) in [5.74, 6) is 0.342. The summed E-state index contributed by atoms with van der Waals surface area (Å²) in [5, 5.41) is 0. The molecule has 0 radical (unpaired) electrons. The van der Waals surface area contributed by atoms with E-state index < -0.39 is 0 Å². The Kier molecular flexibility index (Phi) is 3.80. The van der Waals surface area contributed by atoms with Crippen molar-refractivity contribution in [1.82, 2.24) is 4.98 Å². The largest absolute Gasteiger partial charge is 0.465 e. The first-order valence-electron chi connectivity index (χ1n) is 5.96. The number of pyridine rings is 1. The quantitative estimate of drug-likeness (QED) is 0.792. The molecule has 0 unspecified atom stereocenters. The minimum atomic E-state index is -0.360. The third-order valence-corrected chi connectivity index (χ3v) is 2.90. The number of hydrogen-bond donors (Lipinski definition) is 0. The number of aryl methyl sites for hydroxylation is 1. The van der Waals surface area contributed by atoms with Crippen LogP contribution in [0.25, 0.3) is 0 Å². The molecule has 0 aliphatic rings. The van der Waals surface area contributed by atoms with E-state index in [0.717, 1.165) is 5.69 Å². The van der Waals surface area contributed by atoms with E-state index in [1.54, 1.807) is 18.3 Å². The van der Waals surface area contributed by atoms with E-state index in [2.05, 4.69) is 11.1 Å². The zero-order chi connectivity index (χ0) is 13.8. The molecule has 0 spiro atoms. The van der Waals surface area contributed by atoms with Gasteiger partial charge in [-0.3, -0.25) is 0 Å². The number of benzene rings is 1. The molecule has 0 atom stereocenters. The number of aromatic nitrogens is 1. The summed E-state index contributed by atoms with van der Waals surface area (Å²) in [6.45, 7) is 2.04. The fourth-order valence-corrected chi connectivity index (χ4v) is 1.82. The second-order valence-corrected chi connectivity index (χ2v) is 4.29. The Labute approximate surface area is 112 Å². The Morgan fingerprint density at radius 1 is 1.26 bits per heavy atom. The van der Waals surface area contributed by atoms with Gasteiger partial charge in [-0.1, -0.05) is 12.1 Å². The highest BCUT2D eigenvalue weighted by Crippen LogP contribution is 2.23. The molecule has 2 rings (SSSR count). The highest BCUT2D eigenvalue weighted by atomic mass is 16.5. The highest BCUT2D eigenvalue weighted by molar-refractivity contribution is 5.90. The Hall–Kier alpha value is -2.36. The van der Waals surface area contributed by atoms with Crippen LogP contribution >= 0.6 is 0 Å². The molecule has 4 heteroatoms. The number of rotatable bonds is 3. The van der Waals surface area contributed by atoms with Gasteiger partial charge < -0.3 is 9.64 Å². The van der Waals surface area contributed by atoms with Gasteiger partial charge in [0.15, 0.2) is 0 Å². The standard InChI is InChI=1S/C15H16N2O2/c1-11-5-4-6-13(9-11)17(2)14-10-12(7-8-16-14)15(18)19-3/h4-10H,1-3H3. The summed E-state index contributed by atoms with van der Waals surface area (Å²) in [7, 11) is 3.28. The van der Waals surface area contributed by atoms with Crippen molar-refractivity contribution in [3.63, 3.8) is 0 Å². The summed E-state index contributed by atoms with van der Waals surface area (Å²) in [6, 6.07) is 11.4. The highest BCUT2D eigenvalue weighted by Gasteiger charge is 2.10. The summed E-state index contributed by atoms with van der Waals surface area (Å²) in [6.07, 6.45) is 1.61. The van der Waals surface area contributed by atoms with Crippen LogP contribution in [0.5, 0.6) is 0 Å². The summed E-state index contributed by atoms with van der Waals surface area (Å²) in [5.41, 5.74) is 2.69. The van der Waals surface area contributed by atoms with Gasteiger partial charge in [0.2, 0.25) is 0 Å². The van der Waals surface area contributed by atoms with Gasteiger partial charge in [0.25, 0.3) is 0 Å². The molecule has 98 valence electrons. The maximum Gasteiger partial charge on any atom is 0.338 e. The third-order valence-electron chi connectivity index (χ3n) is 2.90. The summed E-state index contributed by atoms with van der Waals surface area (Å²) < 4.78 is 4.71. The zero-order valence-corrected chi connectivity index (χ0v) is 11.3. The summed E-state index contributed by atoms with van der Waals surface area (Å²) >= 11 is 0. The van der Waals surface area contributed by atoms with E-state index in [0.29, 0.717) is 11.4 Å². The molecule has 1 aromatic carbocycles. The smallest absolute Gasteiger partial charge is 0.338 e. The molecule has 0 saturated carbocycles. The van der Waals surface area contributed by atoms with Crippen LogP contribution in [0.3, 0.4) is 0 Å². The number of carbonyl (C=O) groups excluding carboxylic acids is 1. The van der Waals surface area contributed by atoms with Gasteiger partial charge in [-0.15, -0.1) is 0 Å². The van der Waals surface area contributed by atoms with Gasteiger partial charge in [0, 0.05) is 18.9 Å².